The van der Waals surface area contributed by atoms with Crippen molar-refractivity contribution in [2.75, 3.05) is 0 Å². The number of hydrogen-bond acceptors (Lipinski definition) is 2. The van der Waals surface area contributed by atoms with Gasteiger partial charge < -0.3 is 4.40 Å². The number of pyridine rings is 1. The van der Waals surface area contributed by atoms with Gasteiger partial charge in [0.15, 0.2) is 0 Å². The number of rotatable bonds is 0. The van der Waals surface area contributed by atoms with Crippen molar-refractivity contribution in [3.8, 4) is 0 Å². The maximum absolute atomic E-state index is 4.33. The summed E-state index contributed by atoms with van der Waals surface area (Å²) in [6.07, 6.45) is 7.70. The van der Waals surface area contributed by atoms with E-state index in [0.29, 0.717) is 10.8 Å². The van der Waals surface area contributed by atoms with Crippen LogP contribution < -0.4 is 0 Å². The lowest BCUT2D eigenvalue weighted by Crippen LogP contribution is -2.14. The first-order valence-corrected chi connectivity index (χ1v) is 10.7. The molecule has 0 unspecified atom stereocenters. The van der Waals surface area contributed by atoms with E-state index in [1.165, 1.54) is 5.56 Å². The van der Waals surface area contributed by atoms with Gasteiger partial charge in [-0.25, -0.2) is 4.98 Å². The predicted octanol–water partition coefficient (Wildman–Crippen LogP) is 8.12. The summed E-state index contributed by atoms with van der Waals surface area (Å²) in [4.78, 5) is 8.41. The van der Waals surface area contributed by atoms with Gasteiger partial charge in [-0.15, -0.1) is 0 Å². The number of fused-ring (bicyclic) bond motifs is 2. The summed E-state index contributed by atoms with van der Waals surface area (Å²) in [6.45, 7) is 21.9. The first-order valence-electron chi connectivity index (χ1n) is 10.7. The molecule has 3 aromatic rings. The molecule has 0 amide bonds. The molecule has 0 saturated heterocycles. The van der Waals surface area contributed by atoms with Gasteiger partial charge in [-0.2, -0.15) is 0 Å². The number of aliphatic imine (C=N–C) groups is 1. The molecule has 1 aliphatic heterocycles. The van der Waals surface area contributed by atoms with Crippen molar-refractivity contribution >= 4 is 17.5 Å². The Balaban J connectivity index is 0.000000214. The lowest BCUT2D eigenvalue weighted by atomic mass is 9.87. The molecule has 3 heteroatoms. The number of nitrogens with zero attached hydrogens (tertiary/aromatic N) is 3. The molecule has 0 atom stereocenters. The average Bonchev–Trinajstić information content (AvgIpc) is 3.17. The SMILES string of the molecule is CC(C)(C)C.CC(C)(C)C.CC1(C)C=Nc2ccccc21.c1ccn2ccnc2c1. The second-order valence-electron chi connectivity index (χ2n) is 11.4. The normalized spacial score (nSPS) is 13.8. The van der Waals surface area contributed by atoms with E-state index >= 15 is 0 Å². The quantitative estimate of drug-likeness (QED) is 0.370. The summed E-state index contributed by atoms with van der Waals surface area (Å²) in [5.74, 6) is 0. The van der Waals surface area contributed by atoms with Crippen molar-refractivity contribution in [1.82, 2.24) is 9.38 Å². The number of para-hydroxylation sites is 1. The fourth-order valence-electron chi connectivity index (χ4n) is 2.30. The minimum absolute atomic E-state index is 0.136. The van der Waals surface area contributed by atoms with Gasteiger partial charge in [0, 0.05) is 30.2 Å². The highest BCUT2D eigenvalue weighted by Crippen LogP contribution is 2.35. The molecule has 0 radical (unpaired) electrons. The summed E-state index contributed by atoms with van der Waals surface area (Å²) in [5, 5.41) is 0. The van der Waals surface area contributed by atoms with Crippen molar-refractivity contribution in [2.45, 2.75) is 74.7 Å². The van der Waals surface area contributed by atoms with Crippen LogP contribution in [0, 0.1) is 10.8 Å². The third-order valence-corrected chi connectivity index (χ3v) is 3.43. The number of hydrogen-bond donors (Lipinski definition) is 0. The van der Waals surface area contributed by atoms with E-state index in [-0.39, 0.29) is 5.41 Å². The summed E-state index contributed by atoms with van der Waals surface area (Å²) >= 11 is 0. The molecular formula is C27H41N3. The Bertz CT molecular complexity index is 865. The van der Waals surface area contributed by atoms with Crippen LogP contribution >= 0.6 is 0 Å². The van der Waals surface area contributed by atoms with Gasteiger partial charge in [-0.1, -0.05) is 93.5 Å². The van der Waals surface area contributed by atoms with Gasteiger partial charge in [0.2, 0.25) is 0 Å². The zero-order valence-electron chi connectivity index (χ0n) is 20.7. The first kappa shape index (κ1) is 25.6. The van der Waals surface area contributed by atoms with Crippen molar-refractivity contribution in [1.29, 1.82) is 0 Å². The number of aromatic nitrogens is 2. The monoisotopic (exact) mass is 407 g/mol. The lowest BCUT2D eigenvalue weighted by molar-refractivity contribution is 0.469. The zero-order valence-corrected chi connectivity index (χ0v) is 20.7. The fourth-order valence-corrected chi connectivity index (χ4v) is 2.30. The van der Waals surface area contributed by atoms with E-state index in [4.69, 9.17) is 0 Å². The van der Waals surface area contributed by atoms with Crippen molar-refractivity contribution in [3.63, 3.8) is 0 Å². The molecule has 3 nitrogen and oxygen atoms in total. The van der Waals surface area contributed by atoms with Gasteiger partial charge >= 0.3 is 0 Å². The third-order valence-electron chi connectivity index (χ3n) is 3.43. The van der Waals surface area contributed by atoms with E-state index in [9.17, 15) is 0 Å². The number of imidazole rings is 1. The Kier molecular flexibility index (Phi) is 9.02. The molecule has 0 bridgehead atoms. The van der Waals surface area contributed by atoms with Crippen molar-refractivity contribution in [3.05, 3.63) is 66.6 Å². The summed E-state index contributed by atoms with van der Waals surface area (Å²) < 4.78 is 1.97. The third kappa shape index (κ3) is 10.9. The smallest absolute Gasteiger partial charge is 0.136 e. The minimum atomic E-state index is 0.136. The summed E-state index contributed by atoms with van der Waals surface area (Å²) in [6, 6.07) is 14.2. The fraction of sp³-hybridized carbons (Fsp3) is 0.481. The molecule has 0 saturated carbocycles. The lowest BCUT2D eigenvalue weighted by Gasteiger charge is -2.14. The molecule has 2 aromatic heterocycles. The van der Waals surface area contributed by atoms with Crippen LogP contribution in [0.2, 0.25) is 0 Å². The van der Waals surface area contributed by atoms with E-state index in [1.807, 2.05) is 47.3 Å². The van der Waals surface area contributed by atoms with Crippen LogP contribution in [0.5, 0.6) is 0 Å². The maximum atomic E-state index is 4.33. The van der Waals surface area contributed by atoms with Crippen LogP contribution in [0.4, 0.5) is 5.69 Å². The second kappa shape index (κ2) is 10.6. The maximum Gasteiger partial charge on any atom is 0.136 e. The number of benzene rings is 1. The molecule has 1 aliphatic rings. The predicted molar refractivity (Wildman–Crippen MR) is 133 cm³/mol. The molecule has 0 N–H and O–H groups in total. The van der Waals surface area contributed by atoms with Crippen LogP contribution in [0.15, 0.2) is 66.0 Å². The van der Waals surface area contributed by atoms with Crippen LogP contribution in [0.1, 0.15) is 74.8 Å². The van der Waals surface area contributed by atoms with Crippen molar-refractivity contribution in [2.24, 2.45) is 15.8 Å². The highest BCUT2D eigenvalue weighted by Gasteiger charge is 2.25. The largest absolute Gasteiger partial charge is 0.307 e. The molecule has 0 fully saturated rings. The van der Waals surface area contributed by atoms with Crippen LogP contribution in [0.3, 0.4) is 0 Å². The van der Waals surface area contributed by atoms with Crippen molar-refractivity contribution < 1.29 is 0 Å². The zero-order chi connectivity index (χ0) is 23.0. The first-order chi connectivity index (χ1) is 13.7. The Morgan fingerprint density at radius 1 is 0.733 bits per heavy atom. The molecule has 164 valence electrons. The Labute approximate surface area is 184 Å². The van der Waals surface area contributed by atoms with E-state index in [0.717, 1.165) is 11.3 Å². The highest BCUT2D eigenvalue weighted by molar-refractivity contribution is 5.84. The molecule has 4 rings (SSSR count). The standard InChI is InChI=1S/C10H11N.C7H6N2.2C5H12/c1-10(2)7-11-9-6-4-3-5-8(9)10;1-2-5-9-6-4-8-7(9)3-1;2*1-5(2,3)4/h3-7H,1-2H3;1-6H;2*1-4H3. The van der Waals surface area contributed by atoms with E-state index in [1.54, 1.807) is 6.20 Å². The molecule has 1 aromatic carbocycles. The van der Waals surface area contributed by atoms with E-state index in [2.05, 4.69) is 97.4 Å². The highest BCUT2D eigenvalue weighted by atomic mass is 15.0. The molecule has 3 heterocycles. The Hall–Kier alpha value is -2.42. The van der Waals surface area contributed by atoms with Gasteiger partial charge in [-0.3, -0.25) is 4.99 Å². The van der Waals surface area contributed by atoms with Gasteiger partial charge in [0.1, 0.15) is 5.65 Å². The molecule has 30 heavy (non-hydrogen) atoms. The van der Waals surface area contributed by atoms with Gasteiger partial charge in [0.25, 0.3) is 0 Å². The second-order valence-corrected chi connectivity index (χ2v) is 11.4. The van der Waals surface area contributed by atoms with E-state index < -0.39 is 0 Å². The van der Waals surface area contributed by atoms with Gasteiger partial charge in [-0.05, 0) is 34.6 Å². The summed E-state index contributed by atoms with van der Waals surface area (Å²) in [7, 11) is 0. The topological polar surface area (TPSA) is 29.7 Å². The summed E-state index contributed by atoms with van der Waals surface area (Å²) in [5.41, 5.74) is 4.59. The molecule has 0 aliphatic carbocycles. The minimum Gasteiger partial charge on any atom is -0.307 e. The average molecular weight is 408 g/mol. The Morgan fingerprint density at radius 2 is 1.27 bits per heavy atom. The van der Waals surface area contributed by atoms with Gasteiger partial charge in [0.05, 0.1) is 5.69 Å². The van der Waals surface area contributed by atoms with Crippen LogP contribution in [0.25, 0.3) is 5.65 Å². The Morgan fingerprint density at radius 3 is 1.80 bits per heavy atom. The van der Waals surface area contributed by atoms with Crippen LogP contribution in [-0.2, 0) is 5.41 Å². The molecule has 0 spiro atoms. The van der Waals surface area contributed by atoms with Crippen LogP contribution in [-0.4, -0.2) is 15.6 Å². The molecular weight excluding hydrogens is 366 g/mol.